The van der Waals surface area contributed by atoms with Crippen molar-refractivity contribution in [1.29, 1.82) is 0 Å². The maximum atomic E-state index is 12.6. The second kappa shape index (κ2) is 8.66. The molecule has 2 atom stereocenters. The second-order valence-electron chi connectivity index (χ2n) is 6.95. The summed E-state index contributed by atoms with van der Waals surface area (Å²) in [5, 5.41) is 3.40. The first-order valence-electron chi connectivity index (χ1n) is 9.55. The van der Waals surface area contributed by atoms with E-state index in [1.807, 2.05) is 11.5 Å². The number of rotatable bonds is 7. The minimum absolute atomic E-state index is 0.109. The van der Waals surface area contributed by atoms with Crippen molar-refractivity contribution in [2.24, 2.45) is 0 Å². The van der Waals surface area contributed by atoms with Gasteiger partial charge in [-0.25, -0.2) is 4.98 Å². The fourth-order valence-electron chi connectivity index (χ4n) is 3.45. The molecule has 2 saturated heterocycles. The Bertz CT molecular complexity index is 964. The van der Waals surface area contributed by atoms with E-state index < -0.39 is 10.2 Å². The molecule has 2 aromatic heterocycles. The lowest BCUT2D eigenvalue weighted by molar-refractivity contribution is -0.0847. The zero-order valence-electron chi connectivity index (χ0n) is 16.0. The highest BCUT2D eigenvalue weighted by Crippen LogP contribution is 2.24. The Balaban J connectivity index is 1.40. The van der Waals surface area contributed by atoms with Crippen LogP contribution in [-0.4, -0.2) is 83.8 Å². The number of ether oxygens (including phenoxy) is 2. The zero-order valence-corrected chi connectivity index (χ0v) is 17.6. The minimum Gasteiger partial charge on any atom is -0.376 e. The van der Waals surface area contributed by atoms with E-state index in [2.05, 4.69) is 25.0 Å². The summed E-state index contributed by atoms with van der Waals surface area (Å²) in [4.78, 5) is 12.9. The highest BCUT2D eigenvalue weighted by atomic mass is 35.5. The lowest BCUT2D eigenvalue weighted by Crippen LogP contribution is -2.45. The summed E-state index contributed by atoms with van der Waals surface area (Å²) in [6.07, 6.45) is 2.06. The van der Waals surface area contributed by atoms with Gasteiger partial charge in [-0.3, -0.25) is 0 Å². The highest BCUT2D eigenvalue weighted by molar-refractivity contribution is 7.87. The van der Waals surface area contributed by atoms with Gasteiger partial charge >= 0.3 is 0 Å². The van der Waals surface area contributed by atoms with Crippen LogP contribution in [0.3, 0.4) is 0 Å². The number of hydrogen-bond acceptors (Lipinski definition) is 8. The SMILES string of the molecule is CCn1cnc2c(N[C@H]3CCN(S(=O)(=O)NC[C@H]4COCCO4)C3)nc(Cl)nc21. The van der Waals surface area contributed by atoms with Crippen molar-refractivity contribution in [2.75, 3.05) is 44.8 Å². The van der Waals surface area contributed by atoms with Gasteiger partial charge in [0.1, 0.15) is 0 Å². The average Bonchev–Trinajstić information content (AvgIpc) is 3.34. The molecule has 160 valence electrons. The molecule has 2 N–H and O–H groups in total. The number of halogens is 1. The molecule has 2 aliphatic rings. The Morgan fingerprint density at radius 2 is 2.21 bits per heavy atom. The van der Waals surface area contributed by atoms with E-state index in [-0.39, 0.29) is 24.0 Å². The first kappa shape index (κ1) is 20.7. The van der Waals surface area contributed by atoms with Crippen LogP contribution < -0.4 is 10.0 Å². The van der Waals surface area contributed by atoms with E-state index in [0.29, 0.717) is 62.9 Å². The number of fused-ring (bicyclic) bond motifs is 1. The minimum atomic E-state index is -3.61. The molecular formula is C16H24ClN7O4S. The maximum absolute atomic E-state index is 12.6. The molecule has 13 heteroatoms. The molecule has 0 aliphatic carbocycles. The van der Waals surface area contributed by atoms with Gasteiger partial charge in [0, 0.05) is 32.2 Å². The number of nitrogens with zero attached hydrogens (tertiary/aromatic N) is 5. The highest BCUT2D eigenvalue weighted by Gasteiger charge is 2.32. The van der Waals surface area contributed by atoms with Crippen molar-refractivity contribution >= 4 is 38.8 Å². The van der Waals surface area contributed by atoms with Crippen molar-refractivity contribution < 1.29 is 17.9 Å². The molecule has 0 radical (unpaired) electrons. The Kier molecular flexibility index (Phi) is 6.18. The van der Waals surface area contributed by atoms with Gasteiger partial charge in [0.2, 0.25) is 5.28 Å². The maximum Gasteiger partial charge on any atom is 0.279 e. The molecule has 29 heavy (non-hydrogen) atoms. The summed E-state index contributed by atoms with van der Waals surface area (Å²) < 4.78 is 41.9. The molecule has 0 aromatic carbocycles. The van der Waals surface area contributed by atoms with Crippen molar-refractivity contribution in [1.82, 2.24) is 28.5 Å². The molecule has 4 rings (SSSR count). The molecular weight excluding hydrogens is 422 g/mol. The molecule has 0 amide bonds. The molecule has 4 heterocycles. The first-order chi connectivity index (χ1) is 14.0. The summed E-state index contributed by atoms with van der Waals surface area (Å²) in [7, 11) is -3.61. The fraction of sp³-hybridized carbons (Fsp3) is 0.688. The van der Waals surface area contributed by atoms with Gasteiger partial charge in [0.25, 0.3) is 10.2 Å². The number of anilines is 1. The van der Waals surface area contributed by atoms with E-state index in [1.54, 1.807) is 6.33 Å². The third-order valence-electron chi connectivity index (χ3n) is 4.99. The van der Waals surface area contributed by atoms with Gasteiger partial charge in [-0.05, 0) is 24.9 Å². The standard InChI is InChI=1S/C16H24ClN7O4S/c1-2-23-10-18-13-14(21-16(17)22-15(13)23)20-11-3-4-24(8-11)29(25,26)19-7-12-9-27-5-6-28-12/h10-12,19H,2-9H2,1H3,(H,20,21,22)/t11-,12-/m0/s1. The molecule has 0 unspecified atom stereocenters. The van der Waals surface area contributed by atoms with Crippen molar-refractivity contribution in [3.8, 4) is 0 Å². The number of hydrogen-bond donors (Lipinski definition) is 2. The lowest BCUT2D eigenvalue weighted by Gasteiger charge is -2.24. The molecule has 0 spiro atoms. The molecule has 11 nitrogen and oxygen atoms in total. The normalized spacial score (nSPS) is 23.7. The Morgan fingerprint density at radius 1 is 1.34 bits per heavy atom. The van der Waals surface area contributed by atoms with E-state index in [0.717, 1.165) is 0 Å². The smallest absolute Gasteiger partial charge is 0.279 e. The second-order valence-corrected chi connectivity index (χ2v) is 9.05. The summed E-state index contributed by atoms with van der Waals surface area (Å²) in [6.45, 7) is 5.01. The van der Waals surface area contributed by atoms with Crippen molar-refractivity contribution in [3.05, 3.63) is 11.6 Å². The lowest BCUT2D eigenvalue weighted by atomic mass is 10.2. The van der Waals surface area contributed by atoms with Crippen LogP contribution in [0.25, 0.3) is 11.2 Å². The predicted molar refractivity (Wildman–Crippen MR) is 107 cm³/mol. The van der Waals surface area contributed by atoms with Crippen LogP contribution in [-0.2, 0) is 26.2 Å². The van der Waals surface area contributed by atoms with E-state index in [9.17, 15) is 8.42 Å². The molecule has 0 bridgehead atoms. The first-order valence-corrected chi connectivity index (χ1v) is 11.4. The number of nitrogens with one attached hydrogen (secondary N) is 2. The van der Waals surface area contributed by atoms with Crippen LogP contribution in [0.4, 0.5) is 5.82 Å². The van der Waals surface area contributed by atoms with E-state index in [1.165, 1.54) is 4.31 Å². The molecule has 0 saturated carbocycles. The Labute approximate surface area is 173 Å². The van der Waals surface area contributed by atoms with Crippen LogP contribution in [0.2, 0.25) is 5.28 Å². The quantitative estimate of drug-likeness (QED) is 0.581. The molecule has 2 fully saturated rings. The van der Waals surface area contributed by atoms with Gasteiger partial charge in [0.15, 0.2) is 17.0 Å². The van der Waals surface area contributed by atoms with Gasteiger partial charge in [-0.1, -0.05) is 0 Å². The molecule has 2 aliphatic heterocycles. The summed E-state index contributed by atoms with van der Waals surface area (Å²) >= 11 is 6.07. The Morgan fingerprint density at radius 3 is 2.97 bits per heavy atom. The van der Waals surface area contributed by atoms with Gasteiger partial charge in [-0.15, -0.1) is 0 Å². The monoisotopic (exact) mass is 445 g/mol. The van der Waals surface area contributed by atoms with Crippen molar-refractivity contribution in [3.63, 3.8) is 0 Å². The zero-order chi connectivity index (χ0) is 20.4. The number of aryl methyl sites for hydroxylation is 1. The summed E-state index contributed by atoms with van der Waals surface area (Å²) in [6, 6.07) is -0.109. The topological polar surface area (TPSA) is 124 Å². The third-order valence-corrected chi connectivity index (χ3v) is 6.70. The van der Waals surface area contributed by atoms with Crippen LogP contribution in [0.1, 0.15) is 13.3 Å². The van der Waals surface area contributed by atoms with E-state index in [4.69, 9.17) is 21.1 Å². The number of imidazole rings is 1. The average molecular weight is 446 g/mol. The van der Waals surface area contributed by atoms with Crippen LogP contribution >= 0.6 is 11.6 Å². The van der Waals surface area contributed by atoms with Gasteiger partial charge in [0.05, 0.1) is 32.3 Å². The van der Waals surface area contributed by atoms with Gasteiger partial charge < -0.3 is 19.4 Å². The summed E-state index contributed by atoms with van der Waals surface area (Å²) in [5.41, 5.74) is 1.26. The largest absolute Gasteiger partial charge is 0.376 e. The fourth-order valence-corrected chi connectivity index (χ4v) is 4.92. The van der Waals surface area contributed by atoms with Gasteiger partial charge in [-0.2, -0.15) is 27.4 Å². The van der Waals surface area contributed by atoms with Crippen molar-refractivity contribution in [2.45, 2.75) is 32.0 Å². The third kappa shape index (κ3) is 4.62. The van der Waals surface area contributed by atoms with Crippen LogP contribution in [0.15, 0.2) is 6.33 Å². The predicted octanol–water partition coefficient (Wildman–Crippen LogP) is 0.236. The Hall–Kier alpha value is -1.57. The van der Waals surface area contributed by atoms with Crippen LogP contribution in [0, 0.1) is 0 Å². The van der Waals surface area contributed by atoms with Crippen LogP contribution in [0.5, 0.6) is 0 Å². The number of aromatic nitrogens is 4. The summed E-state index contributed by atoms with van der Waals surface area (Å²) in [5.74, 6) is 0.511. The molecule has 2 aromatic rings. The van der Waals surface area contributed by atoms with E-state index >= 15 is 0 Å².